The lowest BCUT2D eigenvalue weighted by molar-refractivity contribution is 0.885. The van der Waals surface area contributed by atoms with Gasteiger partial charge in [-0.05, 0) is 25.1 Å². The molecular weight excluding hydrogens is 256 g/mol. The van der Waals surface area contributed by atoms with Crippen LogP contribution in [0.1, 0.15) is 5.56 Å². The minimum atomic E-state index is 0.614. The second-order valence-corrected chi connectivity index (χ2v) is 4.86. The summed E-state index contributed by atoms with van der Waals surface area (Å²) in [5, 5.41) is 5.19. The molecule has 0 aliphatic heterocycles. The van der Waals surface area contributed by atoms with E-state index in [0.29, 0.717) is 5.15 Å². The van der Waals surface area contributed by atoms with Crippen LogP contribution in [0, 0.1) is 6.92 Å². The molecular formula is C16H13ClN2. The number of hydrogen-bond acceptors (Lipinski definition) is 1. The monoisotopic (exact) mass is 268 g/mol. The molecule has 3 rings (SSSR count). The first-order valence-corrected chi connectivity index (χ1v) is 6.50. The molecule has 2 nitrogen and oxygen atoms in total. The van der Waals surface area contributed by atoms with Gasteiger partial charge in [-0.1, -0.05) is 53.6 Å². The zero-order valence-electron chi connectivity index (χ0n) is 10.5. The molecule has 0 amide bonds. The molecule has 0 N–H and O–H groups in total. The summed E-state index contributed by atoms with van der Waals surface area (Å²) in [6.07, 6.45) is 0. The molecule has 3 aromatic rings. The molecule has 94 valence electrons. The van der Waals surface area contributed by atoms with E-state index in [1.54, 1.807) is 4.68 Å². The van der Waals surface area contributed by atoms with Gasteiger partial charge in [0.25, 0.3) is 0 Å². The Labute approximate surface area is 117 Å². The van der Waals surface area contributed by atoms with Gasteiger partial charge in [0, 0.05) is 11.6 Å². The van der Waals surface area contributed by atoms with Crippen LogP contribution in [0.15, 0.2) is 60.7 Å². The Kier molecular flexibility index (Phi) is 3.10. The lowest BCUT2D eigenvalue weighted by atomic mass is 10.1. The quantitative estimate of drug-likeness (QED) is 0.669. The van der Waals surface area contributed by atoms with E-state index in [9.17, 15) is 0 Å². The highest BCUT2D eigenvalue weighted by Gasteiger charge is 2.09. The predicted octanol–water partition coefficient (Wildman–Crippen LogP) is 4.50. The average Bonchev–Trinajstić information content (AvgIpc) is 2.82. The van der Waals surface area contributed by atoms with Crippen LogP contribution in [0.4, 0.5) is 0 Å². The Hall–Kier alpha value is -2.06. The third-order valence-corrected chi connectivity index (χ3v) is 3.25. The molecule has 3 heteroatoms. The van der Waals surface area contributed by atoms with E-state index in [4.69, 9.17) is 11.6 Å². The van der Waals surface area contributed by atoms with Gasteiger partial charge in [0.15, 0.2) is 0 Å². The van der Waals surface area contributed by atoms with Gasteiger partial charge in [-0.25, -0.2) is 4.68 Å². The molecule has 0 aliphatic carbocycles. The third kappa shape index (κ3) is 2.40. The Morgan fingerprint density at radius 2 is 1.74 bits per heavy atom. The SMILES string of the molecule is Cc1cccc(-c2cc(Cl)n(-c3ccccc3)n2)c1. The fraction of sp³-hybridized carbons (Fsp3) is 0.0625. The maximum atomic E-state index is 6.27. The van der Waals surface area contributed by atoms with Crippen molar-refractivity contribution in [3.05, 3.63) is 71.4 Å². The first kappa shape index (κ1) is 12.0. The summed E-state index contributed by atoms with van der Waals surface area (Å²) >= 11 is 6.27. The largest absolute Gasteiger partial charge is 0.222 e. The average molecular weight is 269 g/mol. The number of halogens is 1. The zero-order valence-corrected chi connectivity index (χ0v) is 11.3. The Morgan fingerprint density at radius 3 is 2.47 bits per heavy atom. The van der Waals surface area contributed by atoms with Crippen molar-refractivity contribution in [3.8, 4) is 16.9 Å². The Bertz CT molecular complexity index is 702. The third-order valence-electron chi connectivity index (χ3n) is 2.98. The highest BCUT2D eigenvalue weighted by atomic mass is 35.5. The maximum absolute atomic E-state index is 6.27. The molecule has 0 fully saturated rings. The predicted molar refractivity (Wildman–Crippen MR) is 78.7 cm³/mol. The van der Waals surface area contributed by atoms with Gasteiger partial charge in [0.1, 0.15) is 5.15 Å². The minimum absolute atomic E-state index is 0.614. The van der Waals surface area contributed by atoms with Crippen LogP contribution in [0.3, 0.4) is 0 Å². The maximum Gasteiger partial charge on any atom is 0.133 e. The van der Waals surface area contributed by atoms with E-state index >= 15 is 0 Å². The number of rotatable bonds is 2. The summed E-state index contributed by atoms with van der Waals surface area (Å²) in [6, 6.07) is 20.0. The summed E-state index contributed by atoms with van der Waals surface area (Å²) in [5.41, 5.74) is 4.14. The molecule has 0 saturated carbocycles. The Balaban J connectivity index is 2.07. The minimum Gasteiger partial charge on any atom is -0.222 e. The van der Waals surface area contributed by atoms with Crippen LogP contribution in [-0.4, -0.2) is 9.78 Å². The smallest absolute Gasteiger partial charge is 0.133 e. The van der Waals surface area contributed by atoms with Crippen molar-refractivity contribution < 1.29 is 0 Å². The van der Waals surface area contributed by atoms with Crippen LogP contribution in [0.25, 0.3) is 16.9 Å². The highest BCUT2D eigenvalue weighted by Crippen LogP contribution is 2.24. The number of benzene rings is 2. The number of hydrogen-bond donors (Lipinski definition) is 0. The van der Waals surface area contributed by atoms with Gasteiger partial charge in [-0.3, -0.25) is 0 Å². The molecule has 1 heterocycles. The molecule has 0 saturated heterocycles. The second kappa shape index (κ2) is 4.90. The van der Waals surface area contributed by atoms with Crippen molar-refractivity contribution in [3.63, 3.8) is 0 Å². The van der Waals surface area contributed by atoms with Crippen molar-refractivity contribution >= 4 is 11.6 Å². The van der Waals surface area contributed by atoms with Crippen LogP contribution < -0.4 is 0 Å². The van der Waals surface area contributed by atoms with Crippen molar-refractivity contribution in [2.24, 2.45) is 0 Å². The molecule has 19 heavy (non-hydrogen) atoms. The lowest BCUT2D eigenvalue weighted by Gasteiger charge is -2.02. The summed E-state index contributed by atoms with van der Waals surface area (Å²) in [5.74, 6) is 0. The van der Waals surface area contributed by atoms with E-state index < -0.39 is 0 Å². The summed E-state index contributed by atoms with van der Waals surface area (Å²) in [7, 11) is 0. The molecule has 0 unspecified atom stereocenters. The molecule has 2 aromatic carbocycles. The Morgan fingerprint density at radius 1 is 0.947 bits per heavy atom. The number of aryl methyl sites for hydroxylation is 1. The molecule has 0 bridgehead atoms. The van der Waals surface area contributed by atoms with Crippen molar-refractivity contribution in [1.29, 1.82) is 0 Å². The van der Waals surface area contributed by atoms with Gasteiger partial charge in [-0.2, -0.15) is 5.10 Å². The summed E-state index contributed by atoms with van der Waals surface area (Å²) in [6.45, 7) is 2.07. The van der Waals surface area contributed by atoms with Crippen LogP contribution in [0.2, 0.25) is 5.15 Å². The lowest BCUT2D eigenvalue weighted by Crippen LogP contribution is -1.95. The molecule has 1 aromatic heterocycles. The second-order valence-electron chi connectivity index (χ2n) is 4.47. The van der Waals surface area contributed by atoms with E-state index in [1.165, 1.54) is 5.56 Å². The van der Waals surface area contributed by atoms with E-state index in [0.717, 1.165) is 16.9 Å². The van der Waals surface area contributed by atoms with Gasteiger partial charge < -0.3 is 0 Å². The van der Waals surface area contributed by atoms with E-state index in [1.807, 2.05) is 48.5 Å². The standard InChI is InChI=1S/C16H13ClN2/c1-12-6-5-7-13(10-12)15-11-16(17)19(18-15)14-8-3-2-4-9-14/h2-11H,1H3. The van der Waals surface area contributed by atoms with E-state index in [-0.39, 0.29) is 0 Å². The molecule has 0 spiro atoms. The van der Waals surface area contributed by atoms with Crippen molar-refractivity contribution in [1.82, 2.24) is 9.78 Å². The zero-order chi connectivity index (χ0) is 13.2. The fourth-order valence-corrected chi connectivity index (χ4v) is 2.29. The van der Waals surface area contributed by atoms with E-state index in [2.05, 4.69) is 24.2 Å². The van der Waals surface area contributed by atoms with Gasteiger partial charge >= 0.3 is 0 Å². The van der Waals surface area contributed by atoms with Crippen LogP contribution in [0.5, 0.6) is 0 Å². The first-order valence-electron chi connectivity index (χ1n) is 6.12. The van der Waals surface area contributed by atoms with Crippen molar-refractivity contribution in [2.75, 3.05) is 0 Å². The number of nitrogens with zero attached hydrogens (tertiary/aromatic N) is 2. The van der Waals surface area contributed by atoms with Crippen LogP contribution >= 0.6 is 11.6 Å². The molecule has 0 aliphatic rings. The fourth-order valence-electron chi connectivity index (χ4n) is 2.05. The van der Waals surface area contributed by atoms with Crippen LogP contribution in [-0.2, 0) is 0 Å². The van der Waals surface area contributed by atoms with Gasteiger partial charge in [0.2, 0.25) is 0 Å². The van der Waals surface area contributed by atoms with Gasteiger partial charge in [-0.15, -0.1) is 0 Å². The summed E-state index contributed by atoms with van der Waals surface area (Å²) in [4.78, 5) is 0. The highest BCUT2D eigenvalue weighted by molar-refractivity contribution is 6.30. The molecule has 0 atom stereocenters. The van der Waals surface area contributed by atoms with Crippen molar-refractivity contribution in [2.45, 2.75) is 6.92 Å². The first-order chi connectivity index (χ1) is 9.24. The number of para-hydroxylation sites is 1. The molecule has 0 radical (unpaired) electrons. The normalized spacial score (nSPS) is 10.6. The topological polar surface area (TPSA) is 17.8 Å². The number of aromatic nitrogens is 2. The van der Waals surface area contributed by atoms with Gasteiger partial charge in [0.05, 0.1) is 11.4 Å². The summed E-state index contributed by atoms with van der Waals surface area (Å²) < 4.78 is 1.75.